The molecule has 1 amide bonds. The summed E-state index contributed by atoms with van der Waals surface area (Å²) in [5, 5.41) is 26.8. The van der Waals surface area contributed by atoms with Crippen LogP contribution in [-0.4, -0.2) is 108 Å². The zero-order chi connectivity index (χ0) is 44.4. The molecule has 0 aliphatic carbocycles. The first-order valence-electron chi connectivity index (χ1n) is 19.5. The van der Waals surface area contributed by atoms with Crippen LogP contribution in [0.25, 0.3) is 0 Å². The van der Waals surface area contributed by atoms with E-state index in [2.05, 4.69) is 21.3 Å². The van der Waals surface area contributed by atoms with E-state index in [9.17, 15) is 23.7 Å². The van der Waals surface area contributed by atoms with Gasteiger partial charge in [-0.15, -0.1) is 0 Å². The van der Waals surface area contributed by atoms with Gasteiger partial charge in [-0.25, -0.2) is 20.3 Å². The van der Waals surface area contributed by atoms with Crippen molar-refractivity contribution in [3.8, 4) is 0 Å². The summed E-state index contributed by atoms with van der Waals surface area (Å²) in [6.07, 6.45) is 3.35. The highest BCUT2D eigenvalue weighted by molar-refractivity contribution is 7.25. The Morgan fingerprint density at radius 1 is 0.733 bits per heavy atom. The molecule has 332 valence electrons. The van der Waals surface area contributed by atoms with E-state index in [0.29, 0.717) is 63.0 Å². The second-order valence-corrected chi connectivity index (χ2v) is 18.0. The Labute approximate surface area is 368 Å². The smallest absolute Gasteiger partial charge is 0.416 e. The fourth-order valence-corrected chi connectivity index (χ4v) is 6.40. The summed E-state index contributed by atoms with van der Waals surface area (Å²) >= 11 is 17.6. The molecule has 0 aliphatic rings. The predicted octanol–water partition coefficient (Wildman–Crippen LogP) is 5.99. The first-order valence-corrected chi connectivity index (χ1v) is 21.5. The van der Waals surface area contributed by atoms with E-state index in [1.165, 1.54) is 12.4 Å². The summed E-state index contributed by atoms with van der Waals surface area (Å²) in [7, 11) is -1.62. The van der Waals surface area contributed by atoms with Crippen LogP contribution in [-0.2, 0) is 51.1 Å². The van der Waals surface area contributed by atoms with Crippen LogP contribution in [0.1, 0.15) is 70.4 Å². The normalized spacial score (nSPS) is 13.6. The lowest BCUT2D eigenvalue weighted by molar-refractivity contribution is -0.151. The van der Waals surface area contributed by atoms with Gasteiger partial charge in [0.25, 0.3) is 0 Å². The highest BCUT2D eigenvalue weighted by Gasteiger charge is 2.55. The molecule has 0 heterocycles. The van der Waals surface area contributed by atoms with Crippen LogP contribution in [0.5, 0.6) is 0 Å². The molecule has 0 aliphatic heterocycles. The maximum atomic E-state index is 14.3. The molecule has 0 radical (unpaired) electrons. The van der Waals surface area contributed by atoms with Crippen molar-refractivity contribution < 1.29 is 42.7 Å². The quantitative estimate of drug-likeness (QED) is 0.0105. The van der Waals surface area contributed by atoms with Crippen molar-refractivity contribution in [1.82, 2.24) is 26.2 Å². The number of ether oxygens (including phenoxy) is 4. The summed E-state index contributed by atoms with van der Waals surface area (Å²) in [4.78, 5) is 56.6. The number of rotatable bonds is 29. The monoisotopic (exact) mass is 916 g/mol. The van der Waals surface area contributed by atoms with Crippen molar-refractivity contribution >= 4 is 79.7 Å². The molecule has 0 saturated carbocycles. The maximum Gasteiger partial charge on any atom is 0.416 e. The molecule has 3 atom stereocenters. The van der Waals surface area contributed by atoms with Gasteiger partial charge < -0.3 is 40.4 Å². The van der Waals surface area contributed by atoms with Crippen LogP contribution in [0.4, 0.5) is 4.79 Å². The minimum absolute atomic E-state index is 0.0788. The van der Waals surface area contributed by atoms with E-state index in [0.717, 1.165) is 4.90 Å². The van der Waals surface area contributed by atoms with Crippen LogP contribution in [0, 0.1) is 10.8 Å². The zero-order valence-corrected chi connectivity index (χ0v) is 37.5. The molecule has 2 rings (SSSR count). The average molecular weight is 918 g/mol. The summed E-state index contributed by atoms with van der Waals surface area (Å²) in [5.41, 5.74) is -2.16. The van der Waals surface area contributed by atoms with Gasteiger partial charge in [-0.3, -0.25) is 14.4 Å². The molecule has 0 fully saturated rings. The first-order chi connectivity index (χ1) is 28.5. The molecule has 20 heteroatoms. The lowest BCUT2D eigenvalue weighted by Crippen LogP contribution is -2.72. The van der Waals surface area contributed by atoms with Gasteiger partial charge in [-0.05, 0) is 70.7 Å². The van der Waals surface area contributed by atoms with Gasteiger partial charge in [-0.2, -0.15) is 0 Å². The van der Waals surface area contributed by atoms with Crippen molar-refractivity contribution in [1.29, 1.82) is 10.8 Å². The summed E-state index contributed by atoms with van der Waals surface area (Å²) in [6, 6.07) is 15.3. The van der Waals surface area contributed by atoms with Gasteiger partial charge in [-0.1, -0.05) is 113 Å². The molecule has 2 aromatic carbocycles. The summed E-state index contributed by atoms with van der Waals surface area (Å²) in [6.45, 7) is 4.59. The largest absolute Gasteiger partial charge is 0.460 e. The number of amides is 1. The van der Waals surface area contributed by atoms with E-state index < -0.39 is 72.6 Å². The molecule has 6 N–H and O–H groups in total. The van der Waals surface area contributed by atoms with Crippen molar-refractivity contribution in [2.45, 2.75) is 99.5 Å². The third kappa shape index (κ3) is 21.7. The van der Waals surface area contributed by atoms with Crippen molar-refractivity contribution in [3.63, 3.8) is 0 Å². The fourth-order valence-electron chi connectivity index (χ4n) is 5.49. The van der Waals surface area contributed by atoms with Gasteiger partial charge in [0.1, 0.15) is 44.1 Å². The van der Waals surface area contributed by atoms with Crippen LogP contribution >= 0.6 is 43.3 Å². The van der Waals surface area contributed by atoms with Crippen molar-refractivity contribution in [2.75, 3.05) is 39.3 Å². The highest BCUT2D eigenvalue weighted by Crippen LogP contribution is 2.30. The number of carbonyl (C=O) groups excluding carboxylic acids is 4. The number of unbranched alkanes of at least 4 members (excludes halogenated alkanes) is 2. The van der Waals surface area contributed by atoms with Gasteiger partial charge in [0, 0.05) is 25.5 Å². The number of halogens is 3. The Hall–Kier alpha value is -3.73. The number of nitrogens with one attached hydrogen (secondary N) is 6. The number of nitrogens with zero attached hydrogens (tertiary/aromatic N) is 1. The molecule has 0 saturated heterocycles. The Kier molecular flexibility index (Phi) is 24.4. The van der Waals surface area contributed by atoms with Crippen molar-refractivity contribution in [3.05, 3.63) is 71.8 Å². The molecule has 0 spiro atoms. The molecule has 16 nitrogen and oxygen atoms in total. The van der Waals surface area contributed by atoms with Gasteiger partial charge in [0.15, 0.2) is 0 Å². The average Bonchev–Trinajstić information content (AvgIpc) is 3.21. The molecule has 0 aromatic heterocycles. The molecule has 60 heavy (non-hydrogen) atoms. The number of hydrogen-bond acceptors (Lipinski definition) is 15. The van der Waals surface area contributed by atoms with Gasteiger partial charge in [0.2, 0.25) is 3.79 Å². The maximum absolute atomic E-state index is 14.3. The lowest BCUT2D eigenvalue weighted by Gasteiger charge is -2.38. The fraction of sp³-hybridized carbons (Fsp3) is 0.550. The molecular weight excluding hydrogens is 860 g/mol. The van der Waals surface area contributed by atoms with Crippen LogP contribution in [0.3, 0.4) is 0 Å². The number of hydrogen-bond donors (Lipinski definition) is 6. The Balaban J connectivity index is 2.72. The summed E-state index contributed by atoms with van der Waals surface area (Å²) in [5.74, 6) is -2.65. The zero-order valence-electron chi connectivity index (χ0n) is 34.2. The second-order valence-electron chi connectivity index (χ2n) is 14.5. The van der Waals surface area contributed by atoms with E-state index in [1.54, 1.807) is 69.3 Å². The Morgan fingerprint density at radius 2 is 1.18 bits per heavy atom. The first kappa shape index (κ1) is 52.4. The van der Waals surface area contributed by atoms with Crippen molar-refractivity contribution in [2.24, 2.45) is 0 Å². The number of esters is 3. The van der Waals surface area contributed by atoms with E-state index in [1.807, 2.05) is 12.1 Å². The SMILES string of the molecule is CC(C)(C)OC(=O)N(CC(=O)OCC(Cl)(Cl)Cl)C(NC(CCCCNCC=N)C(=O)OCc1ccccc1)(NC(CCCCNCC=N)C(=O)OCc1ccccc1)[PH+]=O. The Bertz CT molecular complexity index is 1560. The lowest BCUT2D eigenvalue weighted by atomic mass is 10.1. The van der Waals surface area contributed by atoms with Crippen LogP contribution in [0.15, 0.2) is 60.7 Å². The Morgan fingerprint density at radius 3 is 1.57 bits per heavy atom. The minimum Gasteiger partial charge on any atom is -0.460 e. The molecule has 0 bridgehead atoms. The van der Waals surface area contributed by atoms with E-state index >= 15 is 0 Å². The third-order valence-corrected chi connectivity index (χ3v) is 9.50. The second kappa shape index (κ2) is 28.0. The topological polar surface area (TPSA) is 221 Å². The molecular formula is C40H58Cl3N7O9P+. The third-order valence-electron chi connectivity index (χ3n) is 8.32. The molecule has 3 unspecified atom stereocenters. The van der Waals surface area contributed by atoms with E-state index in [-0.39, 0.29) is 26.1 Å². The molecule has 2 aromatic rings. The highest BCUT2D eigenvalue weighted by atomic mass is 35.6. The summed E-state index contributed by atoms with van der Waals surface area (Å²) < 4.78 is 34.4. The standard InChI is InChI=1S/C40H57Cl3N7O9P/c1-38(2,3)59-37(54)50(26-34(51)58-29-39(41,42)43)40(60-55,48-32(18-10-12-22-46-24-20-44)35(52)56-27-30-14-6-4-7-15-30)49-33(19-11-13-23-47-25-21-45)36(53)57-28-31-16-8-5-9-17-31/h4-9,14-17,20-21,32-33,44-49H,10-13,18-19,22-29H2,1-3H3/p+1. The number of benzene rings is 2. The van der Waals surface area contributed by atoms with Gasteiger partial charge in [0.05, 0.1) is 0 Å². The van der Waals surface area contributed by atoms with Gasteiger partial charge >= 0.3 is 38.0 Å². The number of alkyl halides is 3. The van der Waals surface area contributed by atoms with Crippen LogP contribution < -0.4 is 21.3 Å². The number of carbonyl (C=O) groups is 4. The van der Waals surface area contributed by atoms with E-state index in [4.69, 9.17) is 64.6 Å². The predicted molar refractivity (Wildman–Crippen MR) is 233 cm³/mol. The van der Waals surface area contributed by atoms with Crippen LogP contribution in [0.2, 0.25) is 0 Å². The minimum atomic E-state index is -2.40.